The molecule has 1 aromatic rings. The van der Waals surface area contributed by atoms with E-state index in [1.165, 1.54) is 16.9 Å². The number of amides is 2. The molecule has 1 aliphatic carbocycles. The van der Waals surface area contributed by atoms with E-state index in [2.05, 4.69) is 62.8 Å². The van der Waals surface area contributed by atoms with Crippen LogP contribution in [-0.4, -0.2) is 42.4 Å². The van der Waals surface area contributed by atoms with Gasteiger partial charge in [0.05, 0.1) is 12.1 Å². The Morgan fingerprint density at radius 2 is 1.81 bits per heavy atom. The zero-order chi connectivity index (χ0) is 22.5. The molecule has 0 unspecified atom stereocenters. The lowest BCUT2D eigenvalue weighted by molar-refractivity contribution is -0.139. The minimum absolute atomic E-state index is 0.0863. The minimum atomic E-state index is -0.424. The maximum atomic E-state index is 13.9. The molecule has 0 bridgehead atoms. The van der Waals surface area contributed by atoms with Crippen LogP contribution in [0, 0.1) is 5.92 Å². The van der Waals surface area contributed by atoms with Crippen LogP contribution < -0.4 is 10.6 Å². The summed E-state index contributed by atoms with van der Waals surface area (Å²) in [6, 6.07) is 8.14. The molecule has 0 aromatic heterocycles. The summed E-state index contributed by atoms with van der Waals surface area (Å²) in [5, 5.41) is 10.7. The lowest BCUT2D eigenvalue weighted by atomic mass is 9.83. The van der Waals surface area contributed by atoms with E-state index >= 15 is 0 Å². The smallest absolute Gasteiger partial charge is 0.245 e. The number of thiol groups is 1. The maximum Gasteiger partial charge on any atom is 0.245 e. The van der Waals surface area contributed by atoms with Gasteiger partial charge in [-0.2, -0.15) is 10.9 Å². The van der Waals surface area contributed by atoms with Crippen LogP contribution in [0.2, 0.25) is 0 Å². The van der Waals surface area contributed by atoms with Gasteiger partial charge in [0.25, 0.3) is 0 Å². The topological polar surface area (TPSA) is 61.4 Å². The minimum Gasteiger partial charge on any atom is -0.343 e. The van der Waals surface area contributed by atoms with E-state index in [4.69, 9.17) is 0 Å². The number of likely N-dealkylation sites (N-methyl/N-ethyl adjacent to an activating group) is 1. The SMILES string of the molecule is CN[C@@H](C)C(=O)N[C@H](C(=O)N1CCC[C@@H]1c1cccc([SH]2C=CC=C2)c1)C1CCCCC1. The van der Waals surface area contributed by atoms with Gasteiger partial charge in [-0.05, 0) is 79.0 Å². The summed E-state index contributed by atoms with van der Waals surface area (Å²) in [4.78, 5) is 30.0. The molecule has 0 spiro atoms. The Kier molecular flexibility index (Phi) is 7.74. The van der Waals surface area contributed by atoms with Crippen molar-refractivity contribution in [3.05, 3.63) is 52.8 Å². The number of hydrogen-bond donors (Lipinski definition) is 3. The number of carbonyl (C=O) groups is 2. The predicted molar refractivity (Wildman–Crippen MR) is 133 cm³/mol. The Morgan fingerprint density at radius 3 is 2.53 bits per heavy atom. The number of allylic oxidation sites excluding steroid dienone is 2. The van der Waals surface area contributed by atoms with Crippen molar-refractivity contribution in [1.82, 2.24) is 15.5 Å². The van der Waals surface area contributed by atoms with E-state index in [-0.39, 0.29) is 40.7 Å². The Bertz CT molecular complexity index is 866. The number of nitrogens with one attached hydrogen (secondary N) is 2. The molecule has 5 nitrogen and oxygen atoms in total. The van der Waals surface area contributed by atoms with E-state index in [0.29, 0.717) is 0 Å². The molecule has 32 heavy (non-hydrogen) atoms. The molecule has 3 atom stereocenters. The molecule has 1 saturated heterocycles. The van der Waals surface area contributed by atoms with Gasteiger partial charge in [-0.3, -0.25) is 9.59 Å². The Morgan fingerprint density at radius 1 is 1.06 bits per heavy atom. The monoisotopic (exact) mass is 455 g/mol. The van der Waals surface area contributed by atoms with Crippen molar-refractivity contribution in [2.75, 3.05) is 13.6 Å². The number of rotatable bonds is 7. The summed E-state index contributed by atoms with van der Waals surface area (Å²) in [6.45, 7) is 2.61. The van der Waals surface area contributed by atoms with Crippen LogP contribution in [0.4, 0.5) is 0 Å². The summed E-state index contributed by atoms with van der Waals surface area (Å²) in [6.07, 6.45) is 11.8. The Labute approximate surface area is 195 Å². The van der Waals surface area contributed by atoms with Gasteiger partial charge in [0, 0.05) is 6.54 Å². The number of carbonyl (C=O) groups excluding carboxylic acids is 2. The van der Waals surface area contributed by atoms with Crippen molar-refractivity contribution in [3.63, 3.8) is 0 Å². The molecule has 1 saturated carbocycles. The summed E-state index contributed by atoms with van der Waals surface area (Å²) in [7, 11) is 1.41. The highest BCUT2D eigenvalue weighted by molar-refractivity contribution is 8.22. The molecule has 1 aromatic carbocycles. The standard InChI is InChI=1S/C26H37N3O2S/c1-19(27-2)25(30)28-24(20-10-4-3-5-11-20)26(31)29-15-9-14-23(29)21-12-8-13-22(18-21)32-16-6-7-17-32/h6-8,12-13,16-20,23-24,27,32H,3-5,9-11,14-15H2,1-2H3,(H,28,30)/t19-,23+,24-/m0/s1. The maximum absolute atomic E-state index is 13.9. The zero-order valence-electron chi connectivity index (χ0n) is 19.3. The van der Waals surface area contributed by atoms with Crippen LogP contribution in [0.3, 0.4) is 0 Å². The van der Waals surface area contributed by atoms with Crippen LogP contribution in [0.15, 0.2) is 52.1 Å². The van der Waals surface area contributed by atoms with Gasteiger partial charge in [-0.1, -0.05) is 43.5 Å². The average molecular weight is 456 g/mol. The third-order valence-electron chi connectivity index (χ3n) is 7.20. The first-order valence-corrected chi connectivity index (χ1v) is 13.6. The lowest BCUT2D eigenvalue weighted by Gasteiger charge is -2.35. The van der Waals surface area contributed by atoms with Crippen molar-refractivity contribution in [2.45, 2.75) is 74.9 Å². The second-order valence-corrected chi connectivity index (χ2v) is 11.2. The fourth-order valence-electron chi connectivity index (χ4n) is 5.21. The molecule has 6 heteroatoms. The summed E-state index contributed by atoms with van der Waals surface area (Å²) < 4.78 is 0. The zero-order valence-corrected chi connectivity index (χ0v) is 20.2. The van der Waals surface area contributed by atoms with E-state index in [9.17, 15) is 9.59 Å². The summed E-state index contributed by atoms with van der Waals surface area (Å²) in [5.74, 6) is 0.249. The summed E-state index contributed by atoms with van der Waals surface area (Å²) >= 11 is 0. The first-order chi connectivity index (χ1) is 15.6. The predicted octanol–water partition coefficient (Wildman–Crippen LogP) is 4.42. The number of likely N-dealkylation sites (tertiary alicyclic amines) is 1. The molecule has 2 aliphatic heterocycles. The van der Waals surface area contributed by atoms with Crippen molar-refractivity contribution in [2.24, 2.45) is 5.92 Å². The first-order valence-electron chi connectivity index (χ1n) is 12.1. The van der Waals surface area contributed by atoms with Gasteiger partial charge in [0.15, 0.2) is 0 Å². The normalized spacial score (nSPS) is 24.0. The van der Waals surface area contributed by atoms with Crippen LogP contribution in [-0.2, 0) is 9.59 Å². The van der Waals surface area contributed by atoms with Crippen LogP contribution in [0.1, 0.15) is 63.5 Å². The van der Waals surface area contributed by atoms with Crippen LogP contribution >= 0.6 is 10.9 Å². The Balaban J connectivity index is 1.55. The number of benzene rings is 1. The second-order valence-electron chi connectivity index (χ2n) is 9.27. The van der Waals surface area contributed by atoms with Crippen molar-refractivity contribution >= 4 is 22.7 Å². The molecule has 4 rings (SSSR count). The Hall–Kier alpha value is -2.05. The van der Waals surface area contributed by atoms with Gasteiger partial charge < -0.3 is 15.5 Å². The van der Waals surface area contributed by atoms with Gasteiger partial charge >= 0.3 is 0 Å². The highest BCUT2D eigenvalue weighted by Gasteiger charge is 2.39. The van der Waals surface area contributed by atoms with Gasteiger partial charge in [0.2, 0.25) is 11.8 Å². The van der Waals surface area contributed by atoms with Crippen LogP contribution in [0.5, 0.6) is 0 Å². The number of hydrogen-bond acceptors (Lipinski definition) is 3. The van der Waals surface area contributed by atoms with E-state index < -0.39 is 6.04 Å². The van der Waals surface area contributed by atoms with Crippen molar-refractivity contribution in [1.29, 1.82) is 0 Å². The molecular formula is C26H37N3O2S. The van der Waals surface area contributed by atoms with Crippen LogP contribution in [0.25, 0.3) is 0 Å². The van der Waals surface area contributed by atoms with Gasteiger partial charge in [-0.25, -0.2) is 0 Å². The third-order valence-corrected chi connectivity index (χ3v) is 9.07. The highest BCUT2D eigenvalue weighted by atomic mass is 32.2. The van der Waals surface area contributed by atoms with Gasteiger partial charge in [-0.15, -0.1) is 0 Å². The van der Waals surface area contributed by atoms with E-state index in [1.54, 1.807) is 7.05 Å². The molecule has 0 radical (unpaired) electrons. The van der Waals surface area contributed by atoms with Crippen molar-refractivity contribution < 1.29 is 9.59 Å². The summed E-state index contributed by atoms with van der Waals surface area (Å²) in [5.41, 5.74) is 1.22. The third kappa shape index (κ3) is 5.12. The molecule has 174 valence electrons. The van der Waals surface area contributed by atoms with Gasteiger partial charge in [0.1, 0.15) is 6.04 Å². The number of nitrogens with zero attached hydrogens (tertiary/aromatic N) is 1. The fraction of sp³-hybridized carbons (Fsp3) is 0.538. The molecule has 2 heterocycles. The van der Waals surface area contributed by atoms with Crippen molar-refractivity contribution in [3.8, 4) is 0 Å². The quantitative estimate of drug-likeness (QED) is 0.533. The second kappa shape index (κ2) is 10.7. The molecule has 2 N–H and O–H groups in total. The molecule has 2 fully saturated rings. The van der Waals surface area contributed by atoms with E-state index in [0.717, 1.165) is 45.1 Å². The largest absolute Gasteiger partial charge is 0.343 e. The van der Waals surface area contributed by atoms with E-state index in [1.807, 2.05) is 6.92 Å². The molecular weight excluding hydrogens is 418 g/mol. The molecule has 2 amide bonds. The fourth-order valence-corrected chi connectivity index (χ4v) is 6.78. The molecule has 3 aliphatic rings. The highest BCUT2D eigenvalue weighted by Crippen LogP contribution is 2.44. The lowest BCUT2D eigenvalue weighted by Crippen LogP contribution is -2.55. The first kappa shape index (κ1) is 23.1. The average Bonchev–Trinajstić information content (AvgIpc) is 3.55.